The smallest absolute Gasteiger partial charge is 0.329 e. The number of carbonyl (C=O) groups is 2. The zero-order valence-corrected chi connectivity index (χ0v) is 12.8. The van der Waals surface area contributed by atoms with Crippen molar-refractivity contribution in [1.82, 2.24) is 4.90 Å². The van der Waals surface area contributed by atoms with Crippen molar-refractivity contribution in [2.45, 2.75) is 63.7 Å². The third kappa shape index (κ3) is 3.55. The minimum absolute atomic E-state index is 0.0541. The number of hydrogen-bond donors (Lipinski definition) is 1. The van der Waals surface area contributed by atoms with Gasteiger partial charge in [-0.1, -0.05) is 0 Å². The Morgan fingerprint density at radius 2 is 2.19 bits per heavy atom. The maximum atomic E-state index is 12.4. The summed E-state index contributed by atoms with van der Waals surface area (Å²) in [6, 6.07) is 0. The number of carbonyl (C=O) groups excluding carboxylic acids is 1. The van der Waals surface area contributed by atoms with E-state index in [9.17, 15) is 14.7 Å². The van der Waals surface area contributed by atoms with Crippen molar-refractivity contribution in [3.8, 4) is 0 Å². The van der Waals surface area contributed by atoms with Crippen molar-refractivity contribution in [1.29, 1.82) is 0 Å². The normalized spacial score (nSPS) is 31.1. The number of carboxylic acid groups (broad SMARTS) is 1. The van der Waals surface area contributed by atoms with Gasteiger partial charge in [0.25, 0.3) is 5.91 Å². The zero-order valence-electron chi connectivity index (χ0n) is 12.8. The fourth-order valence-electron chi connectivity index (χ4n) is 3.02. The third-order valence-electron chi connectivity index (χ3n) is 4.52. The Labute approximate surface area is 125 Å². The van der Waals surface area contributed by atoms with E-state index in [4.69, 9.17) is 9.47 Å². The molecule has 120 valence electrons. The maximum absolute atomic E-state index is 12.4. The highest BCUT2D eigenvalue weighted by atomic mass is 16.5. The first-order valence-corrected chi connectivity index (χ1v) is 7.73. The molecule has 3 atom stereocenters. The van der Waals surface area contributed by atoms with Gasteiger partial charge in [0, 0.05) is 13.2 Å². The lowest BCUT2D eigenvalue weighted by atomic mass is 9.99. The number of likely N-dealkylation sites (tertiary alicyclic amines) is 1. The Balaban J connectivity index is 1.88. The molecular weight excluding hydrogens is 274 g/mol. The summed E-state index contributed by atoms with van der Waals surface area (Å²) >= 11 is 0. The van der Waals surface area contributed by atoms with E-state index in [2.05, 4.69) is 0 Å². The third-order valence-corrected chi connectivity index (χ3v) is 4.52. The van der Waals surface area contributed by atoms with Crippen LogP contribution in [-0.4, -0.2) is 59.4 Å². The van der Waals surface area contributed by atoms with Crippen LogP contribution in [0.4, 0.5) is 0 Å². The predicted octanol–water partition coefficient (Wildman–Crippen LogP) is 1.43. The minimum Gasteiger partial charge on any atom is -0.480 e. The van der Waals surface area contributed by atoms with Gasteiger partial charge in [-0.25, -0.2) is 4.79 Å². The van der Waals surface area contributed by atoms with E-state index in [0.717, 1.165) is 25.9 Å². The van der Waals surface area contributed by atoms with Gasteiger partial charge in [-0.15, -0.1) is 0 Å². The summed E-state index contributed by atoms with van der Waals surface area (Å²) in [5.74, 6) is -1.19. The topological polar surface area (TPSA) is 76.1 Å². The number of ether oxygens (including phenoxy) is 2. The molecule has 2 aliphatic heterocycles. The molecule has 2 fully saturated rings. The van der Waals surface area contributed by atoms with Gasteiger partial charge in [-0.2, -0.15) is 0 Å². The van der Waals surface area contributed by atoms with Crippen LogP contribution in [0.3, 0.4) is 0 Å². The van der Waals surface area contributed by atoms with Crippen molar-refractivity contribution in [2.75, 3.05) is 19.8 Å². The molecule has 0 aliphatic carbocycles. The van der Waals surface area contributed by atoms with Gasteiger partial charge < -0.3 is 19.5 Å². The number of rotatable bonds is 5. The van der Waals surface area contributed by atoms with E-state index in [-0.39, 0.29) is 12.0 Å². The van der Waals surface area contributed by atoms with Crippen molar-refractivity contribution in [2.24, 2.45) is 0 Å². The average Bonchev–Trinajstić information content (AvgIpc) is 2.88. The van der Waals surface area contributed by atoms with E-state index in [1.54, 1.807) is 13.8 Å². The zero-order chi connectivity index (χ0) is 15.5. The number of nitrogens with zero attached hydrogens (tertiary/aromatic N) is 1. The molecule has 0 aromatic heterocycles. The molecule has 2 heterocycles. The highest BCUT2D eigenvalue weighted by Gasteiger charge is 2.47. The largest absolute Gasteiger partial charge is 0.480 e. The van der Waals surface area contributed by atoms with Crippen molar-refractivity contribution < 1.29 is 24.2 Å². The van der Waals surface area contributed by atoms with Crippen LogP contribution in [0.15, 0.2) is 0 Å². The monoisotopic (exact) mass is 299 g/mol. The summed E-state index contributed by atoms with van der Waals surface area (Å²) in [5.41, 5.74) is -1.10. The molecule has 21 heavy (non-hydrogen) atoms. The molecular formula is C15H25NO5. The van der Waals surface area contributed by atoms with Gasteiger partial charge in [-0.05, 0) is 46.0 Å². The van der Waals surface area contributed by atoms with E-state index >= 15 is 0 Å². The van der Waals surface area contributed by atoms with Gasteiger partial charge >= 0.3 is 5.97 Å². The van der Waals surface area contributed by atoms with E-state index < -0.39 is 17.6 Å². The summed E-state index contributed by atoms with van der Waals surface area (Å²) in [6.45, 7) is 4.92. The van der Waals surface area contributed by atoms with Gasteiger partial charge in [-0.3, -0.25) is 4.79 Å². The molecule has 6 nitrogen and oxygen atoms in total. The van der Waals surface area contributed by atoms with Crippen LogP contribution in [0, 0.1) is 0 Å². The lowest BCUT2D eigenvalue weighted by Gasteiger charge is -2.33. The first-order chi connectivity index (χ1) is 9.95. The Kier molecular flexibility index (Phi) is 5.22. The molecule has 2 rings (SSSR count). The van der Waals surface area contributed by atoms with Crippen LogP contribution in [0.1, 0.15) is 46.0 Å². The van der Waals surface area contributed by atoms with Gasteiger partial charge in [0.15, 0.2) is 0 Å². The molecule has 0 radical (unpaired) electrons. The number of carboxylic acids is 1. The van der Waals surface area contributed by atoms with E-state index in [0.29, 0.717) is 26.0 Å². The van der Waals surface area contributed by atoms with Crippen LogP contribution in [0.5, 0.6) is 0 Å². The Hall–Kier alpha value is -1.14. The second-order valence-electron chi connectivity index (χ2n) is 6.14. The molecule has 0 aromatic carbocycles. The molecule has 0 spiro atoms. The van der Waals surface area contributed by atoms with Gasteiger partial charge in [0.1, 0.15) is 11.6 Å². The van der Waals surface area contributed by atoms with Crippen LogP contribution >= 0.6 is 0 Å². The summed E-state index contributed by atoms with van der Waals surface area (Å²) in [7, 11) is 0. The highest BCUT2D eigenvalue weighted by molar-refractivity contribution is 5.89. The first-order valence-electron chi connectivity index (χ1n) is 7.73. The summed E-state index contributed by atoms with van der Waals surface area (Å²) in [4.78, 5) is 25.3. The fourth-order valence-corrected chi connectivity index (χ4v) is 3.02. The fraction of sp³-hybridized carbons (Fsp3) is 0.867. The second-order valence-corrected chi connectivity index (χ2v) is 6.14. The van der Waals surface area contributed by atoms with Gasteiger partial charge in [0.2, 0.25) is 0 Å². The second kappa shape index (κ2) is 6.75. The quantitative estimate of drug-likeness (QED) is 0.831. The Morgan fingerprint density at radius 3 is 2.81 bits per heavy atom. The summed E-state index contributed by atoms with van der Waals surface area (Å²) in [6.07, 6.45) is 3.79. The Morgan fingerprint density at radius 1 is 1.43 bits per heavy atom. The molecule has 1 amide bonds. The van der Waals surface area contributed by atoms with E-state index in [1.165, 1.54) is 4.90 Å². The molecule has 2 aliphatic rings. The van der Waals surface area contributed by atoms with Gasteiger partial charge in [0.05, 0.1) is 12.7 Å². The molecule has 0 bridgehead atoms. The van der Waals surface area contributed by atoms with Crippen LogP contribution in [-0.2, 0) is 19.1 Å². The summed E-state index contributed by atoms with van der Waals surface area (Å²) in [5, 5.41) is 9.35. The Bertz CT molecular complexity index is 394. The van der Waals surface area contributed by atoms with Crippen LogP contribution in [0.2, 0.25) is 0 Å². The predicted molar refractivity (Wildman–Crippen MR) is 76.0 cm³/mol. The molecule has 0 aromatic rings. The summed E-state index contributed by atoms with van der Waals surface area (Å²) < 4.78 is 11.2. The average molecular weight is 299 g/mol. The number of aliphatic carboxylic acids is 1. The van der Waals surface area contributed by atoms with Crippen molar-refractivity contribution in [3.63, 3.8) is 0 Å². The maximum Gasteiger partial charge on any atom is 0.329 e. The van der Waals surface area contributed by atoms with Crippen LogP contribution < -0.4 is 0 Å². The van der Waals surface area contributed by atoms with Crippen molar-refractivity contribution >= 4 is 11.9 Å². The molecule has 1 N–H and O–H groups in total. The lowest BCUT2D eigenvalue weighted by Crippen LogP contribution is -2.53. The lowest BCUT2D eigenvalue weighted by molar-refractivity contribution is -0.161. The number of amides is 1. The minimum atomic E-state index is -1.10. The highest BCUT2D eigenvalue weighted by Crippen LogP contribution is 2.30. The first kappa shape index (κ1) is 16.2. The number of hydrogen-bond acceptors (Lipinski definition) is 4. The van der Waals surface area contributed by atoms with Crippen LogP contribution in [0.25, 0.3) is 0 Å². The van der Waals surface area contributed by atoms with Crippen molar-refractivity contribution in [3.05, 3.63) is 0 Å². The SMILES string of the molecule is CC(OCC1CCCCO1)C(=O)N1CCCC1(C)C(=O)O. The van der Waals surface area contributed by atoms with E-state index in [1.807, 2.05) is 0 Å². The molecule has 0 saturated carbocycles. The molecule has 2 saturated heterocycles. The molecule has 6 heteroatoms. The standard InChI is InChI=1S/C15H25NO5/c1-11(21-10-12-6-3-4-9-20-12)13(17)16-8-5-7-15(16,2)14(18)19/h11-12H,3-10H2,1-2H3,(H,18,19). The molecule has 3 unspecified atom stereocenters.